The van der Waals surface area contributed by atoms with Crippen LogP contribution in [0.1, 0.15) is 5.69 Å². The Labute approximate surface area is 83.6 Å². The number of pyridine rings is 2. The lowest BCUT2D eigenvalue weighted by Crippen LogP contribution is -1.82. The van der Waals surface area contributed by atoms with Crippen molar-refractivity contribution in [2.45, 2.75) is 6.92 Å². The van der Waals surface area contributed by atoms with Crippen molar-refractivity contribution in [3.05, 3.63) is 54.6 Å². The number of aryl methyl sites for hydroxylation is 1. The normalized spacial score (nSPS) is 8.64. The van der Waals surface area contributed by atoms with Gasteiger partial charge in [0, 0.05) is 24.3 Å². The lowest BCUT2D eigenvalue weighted by atomic mass is 10.4. The lowest BCUT2D eigenvalue weighted by molar-refractivity contribution is 1.20. The summed E-state index contributed by atoms with van der Waals surface area (Å²) < 4.78 is 0. The van der Waals surface area contributed by atoms with Gasteiger partial charge in [-0.15, -0.1) is 0 Å². The van der Waals surface area contributed by atoms with Crippen molar-refractivity contribution in [1.82, 2.24) is 9.97 Å². The smallest absolute Gasteiger partial charge is 0.0500 e. The minimum absolute atomic E-state index is 0.711. The Kier molecular flexibility index (Phi) is 4.14. The highest BCUT2D eigenvalue weighted by Gasteiger charge is 1.74. The molecule has 0 bridgehead atoms. The second kappa shape index (κ2) is 5.70. The molecular formula is C11H13N3. The van der Waals surface area contributed by atoms with Crippen LogP contribution in [0.2, 0.25) is 0 Å². The topological polar surface area (TPSA) is 51.8 Å². The molecule has 3 heteroatoms. The molecule has 2 heterocycles. The second-order valence-electron chi connectivity index (χ2n) is 2.76. The van der Waals surface area contributed by atoms with E-state index < -0.39 is 0 Å². The van der Waals surface area contributed by atoms with E-state index in [2.05, 4.69) is 9.97 Å². The van der Waals surface area contributed by atoms with Crippen LogP contribution >= 0.6 is 0 Å². The number of nitrogens with zero attached hydrogens (tertiary/aromatic N) is 2. The SMILES string of the molecule is Cc1ccccn1.Nc1cccnc1. The van der Waals surface area contributed by atoms with Crippen molar-refractivity contribution in [3.8, 4) is 0 Å². The van der Waals surface area contributed by atoms with E-state index in [0.29, 0.717) is 5.69 Å². The molecule has 0 saturated heterocycles. The van der Waals surface area contributed by atoms with E-state index in [1.54, 1.807) is 30.7 Å². The fourth-order valence-electron chi connectivity index (χ4n) is 0.824. The van der Waals surface area contributed by atoms with Crippen molar-refractivity contribution in [2.75, 3.05) is 5.73 Å². The molecule has 2 aromatic heterocycles. The van der Waals surface area contributed by atoms with Gasteiger partial charge < -0.3 is 5.73 Å². The highest BCUT2D eigenvalue weighted by atomic mass is 14.7. The van der Waals surface area contributed by atoms with Gasteiger partial charge in [-0.1, -0.05) is 6.07 Å². The largest absolute Gasteiger partial charge is 0.397 e. The first-order chi connectivity index (χ1) is 6.79. The summed E-state index contributed by atoms with van der Waals surface area (Å²) in [6.07, 6.45) is 5.09. The average molecular weight is 187 g/mol. The van der Waals surface area contributed by atoms with Crippen LogP contribution in [0, 0.1) is 6.92 Å². The van der Waals surface area contributed by atoms with Gasteiger partial charge in [0.1, 0.15) is 0 Å². The maximum atomic E-state index is 5.30. The fourth-order valence-corrected chi connectivity index (χ4v) is 0.824. The number of nitrogen functional groups attached to an aromatic ring is 1. The van der Waals surface area contributed by atoms with Gasteiger partial charge in [0.25, 0.3) is 0 Å². The molecule has 2 N–H and O–H groups in total. The van der Waals surface area contributed by atoms with Crippen molar-refractivity contribution < 1.29 is 0 Å². The summed E-state index contributed by atoms with van der Waals surface area (Å²) in [5.74, 6) is 0. The molecule has 0 radical (unpaired) electrons. The molecule has 0 atom stereocenters. The number of anilines is 1. The van der Waals surface area contributed by atoms with E-state index in [4.69, 9.17) is 5.73 Å². The van der Waals surface area contributed by atoms with E-state index in [1.807, 2.05) is 25.1 Å². The van der Waals surface area contributed by atoms with E-state index in [9.17, 15) is 0 Å². The predicted octanol–water partition coefficient (Wildman–Crippen LogP) is 2.05. The first kappa shape index (κ1) is 10.2. The van der Waals surface area contributed by atoms with Gasteiger partial charge in [-0.2, -0.15) is 0 Å². The van der Waals surface area contributed by atoms with Crippen LogP contribution in [0.5, 0.6) is 0 Å². The Morgan fingerprint density at radius 2 is 1.93 bits per heavy atom. The molecule has 2 aromatic rings. The predicted molar refractivity (Wildman–Crippen MR) is 57.6 cm³/mol. The summed E-state index contributed by atoms with van der Waals surface area (Å²) in [4.78, 5) is 7.74. The zero-order chi connectivity index (χ0) is 10.2. The summed E-state index contributed by atoms with van der Waals surface area (Å²) in [6, 6.07) is 9.46. The van der Waals surface area contributed by atoms with Crippen LogP contribution in [0.3, 0.4) is 0 Å². The third-order valence-corrected chi connectivity index (χ3v) is 1.50. The van der Waals surface area contributed by atoms with Crippen LogP contribution < -0.4 is 5.73 Å². The Morgan fingerprint density at radius 3 is 2.21 bits per heavy atom. The summed E-state index contributed by atoms with van der Waals surface area (Å²) in [5.41, 5.74) is 7.08. The number of rotatable bonds is 0. The molecule has 0 fully saturated rings. The molecule has 3 nitrogen and oxygen atoms in total. The van der Waals surface area contributed by atoms with Crippen LogP contribution in [0.15, 0.2) is 48.9 Å². The number of hydrogen-bond acceptors (Lipinski definition) is 3. The standard InChI is InChI=1S/C6H7N.C5H6N2/c1-6-4-2-3-5-7-6;6-5-2-1-3-7-4-5/h2-5H,1H3;1-4H,6H2. The van der Waals surface area contributed by atoms with E-state index >= 15 is 0 Å². The van der Waals surface area contributed by atoms with E-state index in [1.165, 1.54) is 0 Å². The van der Waals surface area contributed by atoms with Crippen LogP contribution in [-0.2, 0) is 0 Å². The Morgan fingerprint density at radius 1 is 1.07 bits per heavy atom. The second-order valence-corrected chi connectivity index (χ2v) is 2.76. The lowest BCUT2D eigenvalue weighted by Gasteiger charge is -1.83. The molecule has 0 aliphatic heterocycles. The van der Waals surface area contributed by atoms with Crippen LogP contribution in [-0.4, -0.2) is 9.97 Å². The average Bonchev–Trinajstić information content (AvgIpc) is 2.21. The zero-order valence-electron chi connectivity index (χ0n) is 8.09. The minimum atomic E-state index is 0.711. The number of aromatic nitrogens is 2. The highest BCUT2D eigenvalue weighted by molar-refractivity contribution is 5.32. The Hall–Kier alpha value is -1.90. The number of nitrogens with two attached hydrogens (primary N) is 1. The van der Waals surface area contributed by atoms with Crippen molar-refractivity contribution in [3.63, 3.8) is 0 Å². The Bertz CT molecular complexity index is 308. The quantitative estimate of drug-likeness (QED) is 0.686. The summed E-state index contributed by atoms with van der Waals surface area (Å²) in [6.45, 7) is 1.97. The maximum Gasteiger partial charge on any atom is 0.0500 e. The molecule has 0 spiro atoms. The van der Waals surface area contributed by atoms with Crippen LogP contribution in [0.25, 0.3) is 0 Å². The summed E-state index contributed by atoms with van der Waals surface area (Å²) in [5, 5.41) is 0. The summed E-state index contributed by atoms with van der Waals surface area (Å²) in [7, 11) is 0. The first-order valence-corrected chi connectivity index (χ1v) is 4.32. The van der Waals surface area contributed by atoms with Gasteiger partial charge in [-0.05, 0) is 31.2 Å². The van der Waals surface area contributed by atoms with Crippen molar-refractivity contribution in [1.29, 1.82) is 0 Å². The van der Waals surface area contributed by atoms with Crippen molar-refractivity contribution in [2.24, 2.45) is 0 Å². The molecular weight excluding hydrogens is 174 g/mol. The van der Waals surface area contributed by atoms with Crippen molar-refractivity contribution >= 4 is 5.69 Å². The molecule has 0 aromatic carbocycles. The molecule has 2 rings (SSSR count). The van der Waals surface area contributed by atoms with Gasteiger partial charge in [0.15, 0.2) is 0 Å². The zero-order valence-corrected chi connectivity index (χ0v) is 8.09. The Balaban J connectivity index is 0.000000140. The monoisotopic (exact) mass is 187 g/mol. The molecule has 0 amide bonds. The van der Waals surface area contributed by atoms with Crippen LogP contribution in [0.4, 0.5) is 5.69 Å². The number of hydrogen-bond donors (Lipinski definition) is 1. The van der Waals surface area contributed by atoms with Gasteiger partial charge in [0.2, 0.25) is 0 Å². The highest BCUT2D eigenvalue weighted by Crippen LogP contribution is 1.92. The third-order valence-electron chi connectivity index (χ3n) is 1.50. The molecule has 0 aliphatic carbocycles. The fraction of sp³-hybridized carbons (Fsp3) is 0.0909. The molecule has 0 saturated carbocycles. The van der Waals surface area contributed by atoms with E-state index in [0.717, 1.165) is 5.69 Å². The first-order valence-electron chi connectivity index (χ1n) is 4.32. The third kappa shape index (κ3) is 4.21. The molecule has 0 aliphatic rings. The maximum absolute atomic E-state index is 5.30. The molecule has 14 heavy (non-hydrogen) atoms. The summed E-state index contributed by atoms with van der Waals surface area (Å²) >= 11 is 0. The molecule has 72 valence electrons. The molecule has 0 unspecified atom stereocenters. The van der Waals surface area contributed by atoms with Gasteiger partial charge in [-0.25, -0.2) is 0 Å². The minimum Gasteiger partial charge on any atom is -0.397 e. The van der Waals surface area contributed by atoms with Gasteiger partial charge >= 0.3 is 0 Å². The van der Waals surface area contributed by atoms with Gasteiger partial charge in [-0.3, -0.25) is 9.97 Å². The van der Waals surface area contributed by atoms with Gasteiger partial charge in [0.05, 0.1) is 5.69 Å². The van der Waals surface area contributed by atoms with E-state index in [-0.39, 0.29) is 0 Å².